The Morgan fingerprint density at radius 1 is 1.40 bits per heavy atom. The van der Waals surface area contributed by atoms with Gasteiger partial charge in [-0.25, -0.2) is 4.98 Å². The normalized spacial score (nSPS) is 25.5. The molecule has 1 heterocycles. The van der Waals surface area contributed by atoms with Gasteiger partial charge in [-0.15, -0.1) is 0 Å². The summed E-state index contributed by atoms with van der Waals surface area (Å²) in [5, 5.41) is 3.38. The van der Waals surface area contributed by atoms with Crippen molar-refractivity contribution in [1.82, 2.24) is 4.98 Å². The minimum Gasteiger partial charge on any atom is -0.365 e. The van der Waals surface area contributed by atoms with Crippen molar-refractivity contribution in [2.24, 2.45) is 5.73 Å². The van der Waals surface area contributed by atoms with Gasteiger partial charge in [0, 0.05) is 22.8 Å². The van der Waals surface area contributed by atoms with Crippen LogP contribution < -0.4 is 11.1 Å². The fourth-order valence-electron chi connectivity index (χ4n) is 1.86. The summed E-state index contributed by atoms with van der Waals surface area (Å²) in [6.45, 7) is 0. The van der Waals surface area contributed by atoms with Gasteiger partial charge in [0.15, 0.2) is 0 Å². The van der Waals surface area contributed by atoms with Crippen LogP contribution in [0.2, 0.25) is 0 Å². The topological polar surface area (TPSA) is 50.9 Å². The second-order valence-corrected chi connectivity index (χ2v) is 5.60. The van der Waals surface area contributed by atoms with Gasteiger partial charge in [0.2, 0.25) is 0 Å². The van der Waals surface area contributed by atoms with Crippen LogP contribution in [0.1, 0.15) is 19.3 Å². The van der Waals surface area contributed by atoms with E-state index in [9.17, 15) is 0 Å². The van der Waals surface area contributed by atoms with Crippen LogP contribution in [0.5, 0.6) is 0 Å². The molecule has 2 unspecified atom stereocenters. The van der Waals surface area contributed by atoms with Crippen molar-refractivity contribution >= 4 is 37.7 Å². The van der Waals surface area contributed by atoms with E-state index >= 15 is 0 Å². The molecule has 0 bridgehead atoms. The number of anilines is 1. The number of halogens is 2. The number of hydrogen-bond acceptors (Lipinski definition) is 3. The monoisotopic (exact) mass is 333 g/mol. The Morgan fingerprint density at radius 3 is 2.80 bits per heavy atom. The number of nitrogens with two attached hydrogens (primary N) is 1. The van der Waals surface area contributed by atoms with Crippen molar-refractivity contribution in [2.75, 3.05) is 5.32 Å². The zero-order valence-electron chi connectivity index (χ0n) is 8.21. The molecule has 0 spiro atoms. The largest absolute Gasteiger partial charge is 0.365 e. The van der Waals surface area contributed by atoms with Gasteiger partial charge in [-0.3, -0.25) is 0 Å². The smallest absolute Gasteiger partial charge is 0.140 e. The molecular weight excluding hydrogens is 322 g/mol. The molecule has 1 aliphatic carbocycles. The molecule has 82 valence electrons. The highest BCUT2D eigenvalue weighted by molar-refractivity contribution is 9.11. The van der Waals surface area contributed by atoms with Gasteiger partial charge in [-0.1, -0.05) is 0 Å². The molecule has 5 heteroatoms. The molecule has 0 saturated heterocycles. The van der Waals surface area contributed by atoms with E-state index in [1.165, 1.54) is 6.42 Å². The van der Waals surface area contributed by atoms with Crippen molar-refractivity contribution < 1.29 is 0 Å². The molecule has 1 aromatic heterocycles. The zero-order chi connectivity index (χ0) is 10.8. The maximum atomic E-state index is 5.99. The van der Waals surface area contributed by atoms with E-state index in [4.69, 9.17) is 5.73 Å². The molecule has 2 rings (SSSR count). The third kappa shape index (κ3) is 2.71. The first-order valence-electron chi connectivity index (χ1n) is 5.00. The lowest BCUT2D eigenvalue weighted by molar-refractivity contribution is 0.635. The van der Waals surface area contributed by atoms with E-state index in [2.05, 4.69) is 42.2 Å². The predicted octanol–water partition coefficient (Wildman–Crippen LogP) is 2.90. The molecule has 1 saturated carbocycles. The van der Waals surface area contributed by atoms with E-state index in [0.29, 0.717) is 6.04 Å². The van der Waals surface area contributed by atoms with E-state index < -0.39 is 0 Å². The number of rotatable bonds is 2. The first-order valence-corrected chi connectivity index (χ1v) is 6.58. The Labute approximate surface area is 106 Å². The zero-order valence-corrected chi connectivity index (χ0v) is 11.4. The van der Waals surface area contributed by atoms with E-state index in [1.54, 1.807) is 6.20 Å². The van der Waals surface area contributed by atoms with Crippen molar-refractivity contribution in [3.8, 4) is 0 Å². The van der Waals surface area contributed by atoms with E-state index in [-0.39, 0.29) is 6.04 Å². The standard InChI is InChI=1S/C10H13Br2N3/c11-6-4-7(12)10(14-5-6)15-9-3-1-2-8(9)13/h4-5,8-9H,1-3,13H2,(H,14,15). The summed E-state index contributed by atoms with van der Waals surface area (Å²) in [6.07, 6.45) is 5.22. The van der Waals surface area contributed by atoms with Crippen LogP contribution in [-0.4, -0.2) is 17.1 Å². The molecule has 3 nitrogen and oxygen atoms in total. The maximum Gasteiger partial charge on any atom is 0.140 e. The molecule has 0 aromatic carbocycles. The highest BCUT2D eigenvalue weighted by atomic mass is 79.9. The average molecular weight is 335 g/mol. The molecule has 2 atom stereocenters. The Bertz CT molecular complexity index is 357. The quantitative estimate of drug-likeness (QED) is 0.874. The van der Waals surface area contributed by atoms with Crippen LogP contribution in [0.4, 0.5) is 5.82 Å². The first-order chi connectivity index (χ1) is 7.16. The number of pyridine rings is 1. The second-order valence-electron chi connectivity index (χ2n) is 3.83. The maximum absolute atomic E-state index is 5.99. The van der Waals surface area contributed by atoms with Gasteiger partial charge in [-0.2, -0.15) is 0 Å². The number of nitrogens with one attached hydrogen (secondary N) is 1. The molecule has 15 heavy (non-hydrogen) atoms. The Balaban J connectivity index is 2.10. The van der Waals surface area contributed by atoms with Gasteiger partial charge in [0.1, 0.15) is 5.82 Å². The minimum absolute atomic E-state index is 0.252. The second kappa shape index (κ2) is 4.80. The van der Waals surface area contributed by atoms with Crippen LogP contribution in [0.15, 0.2) is 21.2 Å². The Hall–Kier alpha value is -0.130. The van der Waals surface area contributed by atoms with Crippen molar-refractivity contribution in [3.05, 3.63) is 21.2 Å². The number of aromatic nitrogens is 1. The highest BCUT2D eigenvalue weighted by Gasteiger charge is 2.24. The lowest BCUT2D eigenvalue weighted by Gasteiger charge is -2.18. The van der Waals surface area contributed by atoms with Crippen molar-refractivity contribution in [1.29, 1.82) is 0 Å². The van der Waals surface area contributed by atoms with Gasteiger partial charge in [-0.05, 0) is 57.2 Å². The fourth-order valence-corrected chi connectivity index (χ4v) is 2.97. The third-order valence-corrected chi connectivity index (χ3v) is 3.74. The van der Waals surface area contributed by atoms with E-state index in [0.717, 1.165) is 27.6 Å². The Kier molecular flexibility index (Phi) is 3.64. The molecular formula is C10H13Br2N3. The van der Waals surface area contributed by atoms with Gasteiger partial charge >= 0.3 is 0 Å². The summed E-state index contributed by atoms with van der Waals surface area (Å²) in [5.74, 6) is 0.876. The molecule has 0 amide bonds. The summed E-state index contributed by atoms with van der Waals surface area (Å²) in [6, 6.07) is 2.59. The molecule has 1 aromatic rings. The van der Waals surface area contributed by atoms with Gasteiger partial charge < -0.3 is 11.1 Å². The summed E-state index contributed by atoms with van der Waals surface area (Å²) >= 11 is 6.85. The Morgan fingerprint density at radius 2 is 2.20 bits per heavy atom. The van der Waals surface area contributed by atoms with E-state index in [1.807, 2.05) is 6.07 Å². The predicted molar refractivity (Wildman–Crippen MR) is 68.9 cm³/mol. The summed E-state index contributed by atoms with van der Waals surface area (Å²) < 4.78 is 1.94. The lowest BCUT2D eigenvalue weighted by Crippen LogP contribution is -2.35. The summed E-state index contributed by atoms with van der Waals surface area (Å²) in [5.41, 5.74) is 5.99. The van der Waals surface area contributed by atoms with Crippen molar-refractivity contribution in [2.45, 2.75) is 31.3 Å². The minimum atomic E-state index is 0.252. The van der Waals surface area contributed by atoms with Gasteiger partial charge in [0.05, 0.1) is 4.47 Å². The molecule has 0 radical (unpaired) electrons. The average Bonchev–Trinajstić information content (AvgIpc) is 2.57. The van der Waals surface area contributed by atoms with Crippen LogP contribution in [0, 0.1) is 0 Å². The van der Waals surface area contributed by atoms with Crippen LogP contribution in [0.3, 0.4) is 0 Å². The summed E-state index contributed by atoms with van der Waals surface area (Å²) in [4.78, 5) is 4.32. The molecule has 1 aliphatic rings. The lowest BCUT2D eigenvalue weighted by atomic mass is 10.2. The SMILES string of the molecule is NC1CCCC1Nc1ncc(Br)cc1Br. The molecule has 1 fully saturated rings. The third-order valence-electron chi connectivity index (χ3n) is 2.70. The van der Waals surface area contributed by atoms with Crippen LogP contribution in [0.25, 0.3) is 0 Å². The fraction of sp³-hybridized carbons (Fsp3) is 0.500. The first kappa shape index (κ1) is 11.4. The number of hydrogen-bond donors (Lipinski definition) is 2. The summed E-state index contributed by atoms with van der Waals surface area (Å²) in [7, 11) is 0. The highest BCUT2D eigenvalue weighted by Crippen LogP contribution is 2.27. The van der Waals surface area contributed by atoms with Gasteiger partial charge in [0.25, 0.3) is 0 Å². The van der Waals surface area contributed by atoms with Crippen LogP contribution in [-0.2, 0) is 0 Å². The van der Waals surface area contributed by atoms with Crippen LogP contribution >= 0.6 is 31.9 Å². The molecule has 3 N–H and O–H groups in total. The van der Waals surface area contributed by atoms with Crippen molar-refractivity contribution in [3.63, 3.8) is 0 Å². The number of nitrogens with zero attached hydrogens (tertiary/aromatic N) is 1. The molecule has 0 aliphatic heterocycles.